The largest absolute Gasteiger partial charge is 0.315 e. The summed E-state index contributed by atoms with van der Waals surface area (Å²) in [6.45, 7) is 3.46. The van der Waals surface area contributed by atoms with Crippen LogP contribution in [0.3, 0.4) is 0 Å². The van der Waals surface area contributed by atoms with Crippen LogP contribution >= 0.6 is 28.3 Å². The van der Waals surface area contributed by atoms with E-state index in [1.54, 1.807) is 0 Å². The molecule has 2 rings (SSSR count). The topological polar surface area (TPSA) is 101 Å². The molecule has 0 radical (unpaired) electrons. The van der Waals surface area contributed by atoms with Gasteiger partial charge in [-0.05, 0) is 46.9 Å². The average molecular weight is 415 g/mol. The van der Waals surface area contributed by atoms with E-state index in [0.29, 0.717) is 6.54 Å². The minimum atomic E-state index is -3.70. The van der Waals surface area contributed by atoms with Crippen LogP contribution in [-0.4, -0.2) is 32.5 Å². The highest BCUT2D eigenvalue weighted by molar-refractivity contribution is 9.10. The number of nitro benzene ring substituents is 1. The smallest absolute Gasteiger partial charge is 0.283 e. The summed E-state index contributed by atoms with van der Waals surface area (Å²) in [5, 5.41) is 13.9. The number of hydrogen-bond donors (Lipinski definition) is 2. The van der Waals surface area contributed by atoms with Gasteiger partial charge in [0.1, 0.15) is 0 Å². The number of piperidine rings is 1. The molecule has 2 N–H and O–H groups in total. The molecule has 22 heavy (non-hydrogen) atoms. The number of nitrogens with one attached hydrogen (secondary N) is 2. The zero-order valence-electron chi connectivity index (χ0n) is 11.8. The van der Waals surface area contributed by atoms with Gasteiger partial charge in [0.05, 0.1) is 14.3 Å². The van der Waals surface area contributed by atoms with Crippen molar-refractivity contribution >= 4 is 44.0 Å². The molecular weight excluding hydrogens is 398 g/mol. The molecule has 0 amide bonds. The van der Waals surface area contributed by atoms with Crippen molar-refractivity contribution in [3.8, 4) is 0 Å². The van der Waals surface area contributed by atoms with E-state index in [1.165, 1.54) is 18.2 Å². The van der Waals surface area contributed by atoms with Gasteiger partial charge in [-0.25, -0.2) is 13.1 Å². The van der Waals surface area contributed by atoms with E-state index in [1.807, 2.05) is 6.92 Å². The molecule has 1 aromatic rings. The fraction of sp³-hybridized carbons (Fsp3) is 0.500. The molecule has 0 saturated carbocycles. The quantitative estimate of drug-likeness (QED) is 0.580. The summed E-state index contributed by atoms with van der Waals surface area (Å²) in [7, 11) is -3.70. The lowest BCUT2D eigenvalue weighted by Gasteiger charge is -2.29. The molecule has 1 saturated heterocycles. The fourth-order valence-corrected chi connectivity index (χ4v) is 4.26. The molecule has 2 atom stereocenters. The maximum absolute atomic E-state index is 12.3. The van der Waals surface area contributed by atoms with Crippen LogP contribution < -0.4 is 10.0 Å². The molecule has 0 bridgehead atoms. The Labute approximate surface area is 143 Å². The third kappa shape index (κ3) is 4.39. The van der Waals surface area contributed by atoms with Gasteiger partial charge < -0.3 is 5.32 Å². The minimum absolute atomic E-state index is 0. The molecule has 124 valence electrons. The van der Waals surface area contributed by atoms with Crippen LogP contribution in [0.2, 0.25) is 0 Å². The maximum Gasteiger partial charge on any atom is 0.283 e. The van der Waals surface area contributed by atoms with Gasteiger partial charge >= 0.3 is 0 Å². The number of benzene rings is 1. The second-order valence-electron chi connectivity index (χ2n) is 5.07. The number of rotatable bonds is 4. The first kappa shape index (κ1) is 19.3. The third-order valence-electron chi connectivity index (χ3n) is 3.56. The number of hydrogen-bond acceptors (Lipinski definition) is 5. The lowest BCUT2D eigenvalue weighted by molar-refractivity contribution is -0.385. The number of nitro groups is 1. The van der Waals surface area contributed by atoms with E-state index in [0.717, 1.165) is 13.0 Å². The van der Waals surface area contributed by atoms with E-state index in [9.17, 15) is 18.5 Å². The Bertz CT molecular complexity index is 656. The van der Waals surface area contributed by atoms with Crippen molar-refractivity contribution in [1.29, 1.82) is 0 Å². The molecule has 7 nitrogen and oxygen atoms in total. The summed E-state index contributed by atoms with van der Waals surface area (Å²) in [5.41, 5.74) is -0.165. The van der Waals surface area contributed by atoms with Gasteiger partial charge in [0, 0.05) is 18.7 Å². The van der Waals surface area contributed by atoms with Crippen molar-refractivity contribution in [2.45, 2.75) is 24.3 Å². The normalized spacial score (nSPS) is 21.9. The van der Waals surface area contributed by atoms with E-state index in [-0.39, 0.29) is 39.4 Å². The van der Waals surface area contributed by atoms with Crippen LogP contribution in [0.15, 0.2) is 27.6 Å². The van der Waals surface area contributed by atoms with Crippen LogP contribution in [0.25, 0.3) is 0 Å². The highest BCUT2D eigenvalue weighted by atomic mass is 79.9. The minimum Gasteiger partial charge on any atom is -0.315 e. The van der Waals surface area contributed by atoms with Gasteiger partial charge in [-0.15, -0.1) is 12.4 Å². The Balaban J connectivity index is 0.00000242. The number of sulfonamides is 1. The monoisotopic (exact) mass is 413 g/mol. The van der Waals surface area contributed by atoms with Gasteiger partial charge in [-0.3, -0.25) is 10.1 Å². The van der Waals surface area contributed by atoms with Crippen molar-refractivity contribution in [3.05, 3.63) is 32.8 Å². The zero-order chi connectivity index (χ0) is 15.6. The summed E-state index contributed by atoms with van der Waals surface area (Å²) in [6.07, 6.45) is 0.900. The SMILES string of the molecule is CC1CCNCC1NS(=O)(=O)c1ccc([N+](=O)[O-])c(Br)c1.Cl. The summed E-state index contributed by atoms with van der Waals surface area (Å²) in [6, 6.07) is 3.49. The van der Waals surface area contributed by atoms with Crippen molar-refractivity contribution < 1.29 is 13.3 Å². The molecule has 10 heteroatoms. The Kier molecular flexibility index (Phi) is 6.75. The van der Waals surface area contributed by atoms with Crippen LogP contribution in [0.4, 0.5) is 5.69 Å². The van der Waals surface area contributed by atoms with Crippen LogP contribution in [0, 0.1) is 16.0 Å². The Morgan fingerprint density at radius 2 is 2.14 bits per heavy atom. The van der Waals surface area contributed by atoms with E-state index in [2.05, 4.69) is 26.0 Å². The van der Waals surface area contributed by atoms with E-state index >= 15 is 0 Å². The van der Waals surface area contributed by atoms with Gasteiger partial charge in [0.15, 0.2) is 0 Å². The lowest BCUT2D eigenvalue weighted by atomic mass is 9.96. The van der Waals surface area contributed by atoms with Gasteiger partial charge in [0.2, 0.25) is 10.0 Å². The van der Waals surface area contributed by atoms with Crippen molar-refractivity contribution in [2.75, 3.05) is 13.1 Å². The summed E-state index contributed by atoms with van der Waals surface area (Å²) in [5.74, 6) is 0.238. The average Bonchev–Trinajstić information content (AvgIpc) is 2.40. The van der Waals surface area contributed by atoms with E-state index < -0.39 is 14.9 Å². The molecular formula is C12H17BrClN3O4S. The first-order valence-electron chi connectivity index (χ1n) is 6.48. The zero-order valence-corrected chi connectivity index (χ0v) is 15.0. The maximum atomic E-state index is 12.3. The summed E-state index contributed by atoms with van der Waals surface area (Å²) < 4.78 is 27.5. The highest BCUT2D eigenvalue weighted by Crippen LogP contribution is 2.27. The van der Waals surface area contributed by atoms with Crippen LogP contribution in [0.5, 0.6) is 0 Å². The predicted molar refractivity (Wildman–Crippen MR) is 88.8 cm³/mol. The van der Waals surface area contributed by atoms with Gasteiger partial charge in [0.25, 0.3) is 5.69 Å². The molecule has 1 aliphatic heterocycles. The molecule has 1 fully saturated rings. The molecule has 1 aliphatic rings. The standard InChI is InChI=1S/C12H16BrN3O4S.ClH/c1-8-4-5-14-7-11(8)15-21(19,20)9-2-3-12(16(17)18)10(13)6-9;/h2-3,6,8,11,14-15H,4-5,7H2,1H3;1H. The lowest BCUT2D eigenvalue weighted by Crippen LogP contribution is -2.50. The molecule has 1 heterocycles. The first-order valence-corrected chi connectivity index (χ1v) is 8.76. The van der Waals surface area contributed by atoms with Crippen LogP contribution in [-0.2, 0) is 10.0 Å². The second-order valence-corrected chi connectivity index (χ2v) is 7.64. The molecule has 2 unspecified atom stereocenters. The number of halogens is 2. The Morgan fingerprint density at radius 3 is 2.68 bits per heavy atom. The fourth-order valence-electron chi connectivity index (χ4n) is 2.22. The van der Waals surface area contributed by atoms with Gasteiger partial charge in [-0.2, -0.15) is 0 Å². The molecule has 0 spiro atoms. The van der Waals surface area contributed by atoms with Gasteiger partial charge in [-0.1, -0.05) is 6.92 Å². The Hall–Kier alpha value is -0.740. The van der Waals surface area contributed by atoms with Crippen molar-refractivity contribution in [2.24, 2.45) is 5.92 Å². The molecule has 1 aromatic carbocycles. The summed E-state index contributed by atoms with van der Waals surface area (Å²) in [4.78, 5) is 10.2. The molecule has 0 aromatic heterocycles. The highest BCUT2D eigenvalue weighted by Gasteiger charge is 2.27. The molecule has 0 aliphatic carbocycles. The predicted octanol–water partition coefficient (Wildman–Crippen LogP) is 2.06. The van der Waals surface area contributed by atoms with Crippen LogP contribution in [0.1, 0.15) is 13.3 Å². The summed E-state index contributed by atoms with van der Waals surface area (Å²) >= 11 is 3.03. The number of nitrogens with zero attached hydrogens (tertiary/aromatic N) is 1. The first-order chi connectivity index (χ1) is 9.81. The Morgan fingerprint density at radius 1 is 1.45 bits per heavy atom. The van der Waals surface area contributed by atoms with Crippen molar-refractivity contribution in [3.63, 3.8) is 0 Å². The second kappa shape index (κ2) is 7.69. The van der Waals surface area contributed by atoms with Crippen molar-refractivity contribution in [1.82, 2.24) is 10.0 Å². The van der Waals surface area contributed by atoms with E-state index in [4.69, 9.17) is 0 Å². The third-order valence-corrected chi connectivity index (χ3v) is 5.68.